The molecule has 0 unspecified atom stereocenters. The summed E-state index contributed by atoms with van der Waals surface area (Å²) < 4.78 is 16.7. The van der Waals surface area contributed by atoms with Gasteiger partial charge in [0.25, 0.3) is 0 Å². The van der Waals surface area contributed by atoms with Crippen molar-refractivity contribution in [1.82, 2.24) is 15.1 Å². The zero-order chi connectivity index (χ0) is 12.6. The number of ether oxygens (including phenoxy) is 2. The van der Waals surface area contributed by atoms with E-state index in [2.05, 4.69) is 31.1 Å². The van der Waals surface area contributed by atoms with E-state index < -0.39 is 0 Å². The molecule has 1 saturated heterocycles. The van der Waals surface area contributed by atoms with E-state index >= 15 is 0 Å². The summed E-state index contributed by atoms with van der Waals surface area (Å²) in [6.45, 7) is 1.60. The third-order valence-electron chi connectivity index (χ3n) is 2.73. The molecule has 1 aliphatic rings. The van der Waals surface area contributed by atoms with Gasteiger partial charge in [-0.15, -0.1) is 11.3 Å². The van der Waals surface area contributed by atoms with Crippen LogP contribution in [0.25, 0.3) is 10.8 Å². The fourth-order valence-electron chi connectivity index (χ4n) is 1.78. The summed E-state index contributed by atoms with van der Waals surface area (Å²) in [4.78, 5) is 8.59. The van der Waals surface area contributed by atoms with Crippen LogP contribution >= 0.6 is 27.3 Å². The molecule has 18 heavy (non-hydrogen) atoms. The van der Waals surface area contributed by atoms with E-state index in [1.165, 1.54) is 11.3 Å². The lowest BCUT2D eigenvalue weighted by Crippen LogP contribution is -2.50. The Morgan fingerprint density at radius 3 is 2.94 bits per heavy atom. The molecular formula is C10H10BrN3O3S. The van der Waals surface area contributed by atoms with Crippen LogP contribution in [0, 0.1) is 0 Å². The summed E-state index contributed by atoms with van der Waals surface area (Å²) in [5.41, 5.74) is -0.297. The third kappa shape index (κ3) is 1.99. The van der Waals surface area contributed by atoms with Crippen molar-refractivity contribution in [3.05, 3.63) is 15.9 Å². The van der Waals surface area contributed by atoms with Crippen LogP contribution in [0.4, 0.5) is 0 Å². The molecule has 6 nitrogen and oxygen atoms in total. The second-order valence-electron chi connectivity index (χ2n) is 4.10. The molecule has 1 aliphatic heterocycles. The summed E-state index contributed by atoms with van der Waals surface area (Å²) in [7, 11) is 1.65. The molecule has 96 valence electrons. The van der Waals surface area contributed by atoms with Crippen molar-refractivity contribution in [2.45, 2.75) is 5.41 Å². The first kappa shape index (κ1) is 12.2. The summed E-state index contributed by atoms with van der Waals surface area (Å²) in [6, 6.07) is 0. The van der Waals surface area contributed by atoms with Gasteiger partial charge in [-0.2, -0.15) is 4.98 Å². The fourth-order valence-corrected chi connectivity index (χ4v) is 2.91. The monoisotopic (exact) mass is 331 g/mol. The SMILES string of the molecule is COCC1(c2nc(-c3ncc(Br)s3)no2)COC1. The van der Waals surface area contributed by atoms with E-state index in [4.69, 9.17) is 14.0 Å². The number of hydrogen-bond donors (Lipinski definition) is 0. The average molecular weight is 332 g/mol. The Labute approximate surface area is 115 Å². The van der Waals surface area contributed by atoms with Gasteiger partial charge in [-0.1, -0.05) is 5.16 Å². The highest BCUT2D eigenvalue weighted by Gasteiger charge is 2.46. The van der Waals surface area contributed by atoms with Crippen molar-refractivity contribution in [3.63, 3.8) is 0 Å². The molecule has 2 aromatic heterocycles. The maximum atomic E-state index is 5.32. The van der Waals surface area contributed by atoms with Crippen LogP contribution in [0.3, 0.4) is 0 Å². The first-order chi connectivity index (χ1) is 8.73. The van der Waals surface area contributed by atoms with Gasteiger partial charge in [0.05, 0.1) is 29.8 Å². The van der Waals surface area contributed by atoms with Gasteiger partial charge in [-0.05, 0) is 15.9 Å². The number of aromatic nitrogens is 3. The van der Waals surface area contributed by atoms with Crippen molar-refractivity contribution in [3.8, 4) is 10.8 Å². The minimum absolute atomic E-state index is 0.297. The minimum atomic E-state index is -0.297. The highest BCUT2D eigenvalue weighted by Crippen LogP contribution is 2.33. The van der Waals surface area contributed by atoms with Gasteiger partial charge < -0.3 is 14.0 Å². The highest BCUT2D eigenvalue weighted by molar-refractivity contribution is 9.11. The second-order valence-corrected chi connectivity index (χ2v) is 6.51. The Bertz CT molecular complexity index is 552. The molecule has 0 amide bonds. The molecule has 1 fully saturated rings. The first-order valence-electron chi connectivity index (χ1n) is 5.26. The van der Waals surface area contributed by atoms with Gasteiger partial charge in [0.1, 0.15) is 5.41 Å². The molecule has 0 aromatic carbocycles. The lowest BCUT2D eigenvalue weighted by molar-refractivity contribution is -0.105. The van der Waals surface area contributed by atoms with E-state index in [9.17, 15) is 0 Å². The number of methoxy groups -OCH3 is 1. The minimum Gasteiger partial charge on any atom is -0.383 e. The Balaban J connectivity index is 1.89. The zero-order valence-electron chi connectivity index (χ0n) is 9.55. The highest BCUT2D eigenvalue weighted by atomic mass is 79.9. The molecule has 0 spiro atoms. The summed E-state index contributed by atoms with van der Waals surface area (Å²) in [5, 5.41) is 4.69. The third-order valence-corrected chi connectivity index (χ3v) is 4.20. The van der Waals surface area contributed by atoms with Crippen LogP contribution in [-0.2, 0) is 14.9 Å². The van der Waals surface area contributed by atoms with Gasteiger partial charge in [-0.25, -0.2) is 4.98 Å². The van der Waals surface area contributed by atoms with Crippen molar-refractivity contribution in [2.24, 2.45) is 0 Å². The fraction of sp³-hybridized carbons (Fsp3) is 0.500. The lowest BCUT2D eigenvalue weighted by atomic mass is 9.87. The van der Waals surface area contributed by atoms with Gasteiger partial charge in [-0.3, -0.25) is 0 Å². The van der Waals surface area contributed by atoms with Gasteiger partial charge in [0, 0.05) is 7.11 Å². The topological polar surface area (TPSA) is 70.3 Å². The number of rotatable bonds is 4. The molecule has 0 saturated carbocycles. The molecule has 0 N–H and O–H groups in total. The Morgan fingerprint density at radius 1 is 1.56 bits per heavy atom. The van der Waals surface area contributed by atoms with Crippen LogP contribution in [0.5, 0.6) is 0 Å². The predicted molar refractivity (Wildman–Crippen MR) is 67.5 cm³/mol. The number of nitrogens with zero attached hydrogens (tertiary/aromatic N) is 3. The van der Waals surface area contributed by atoms with Crippen LogP contribution in [-0.4, -0.2) is 42.1 Å². The molecule has 3 heterocycles. The summed E-state index contributed by atoms with van der Waals surface area (Å²) in [5.74, 6) is 1.06. The van der Waals surface area contributed by atoms with Crippen LogP contribution < -0.4 is 0 Å². The number of hydrogen-bond acceptors (Lipinski definition) is 7. The molecule has 3 rings (SSSR count). The van der Waals surface area contributed by atoms with Crippen LogP contribution in [0.1, 0.15) is 5.89 Å². The number of thiazole rings is 1. The molecule has 2 aromatic rings. The van der Waals surface area contributed by atoms with E-state index in [1.54, 1.807) is 13.3 Å². The van der Waals surface area contributed by atoms with Gasteiger partial charge in [0.2, 0.25) is 11.7 Å². The quantitative estimate of drug-likeness (QED) is 0.851. The lowest BCUT2D eigenvalue weighted by Gasteiger charge is -2.37. The standard InChI is InChI=1S/C10H10BrN3O3S/c1-15-3-10(4-16-5-10)9-13-7(14-17-9)8-12-2-6(11)18-8/h2H,3-5H2,1H3. The molecule has 0 aliphatic carbocycles. The summed E-state index contributed by atoms with van der Waals surface area (Å²) in [6.07, 6.45) is 1.72. The Hall–Kier alpha value is -0.830. The van der Waals surface area contributed by atoms with Crippen molar-refractivity contribution >= 4 is 27.3 Å². The van der Waals surface area contributed by atoms with E-state index in [1.807, 2.05) is 0 Å². The first-order valence-corrected chi connectivity index (χ1v) is 6.87. The van der Waals surface area contributed by atoms with Crippen molar-refractivity contribution < 1.29 is 14.0 Å². The second kappa shape index (κ2) is 4.69. The largest absolute Gasteiger partial charge is 0.383 e. The average Bonchev–Trinajstić information content (AvgIpc) is 2.92. The smallest absolute Gasteiger partial charge is 0.240 e. The Kier molecular flexibility index (Phi) is 3.18. The maximum absolute atomic E-state index is 5.32. The van der Waals surface area contributed by atoms with E-state index in [0.29, 0.717) is 31.5 Å². The molecule has 0 atom stereocenters. The maximum Gasteiger partial charge on any atom is 0.240 e. The van der Waals surface area contributed by atoms with Crippen molar-refractivity contribution in [2.75, 3.05) is 26.9 Å². The molecule has 0 radical (unpaired) electrons. The van der Waals surface area contributed by atoms with Crippen molar-refractivity contribution in [1.29, 1.82) is 0 Å². The van der Waals surface area contributed by atoms with Gasteiger partial charge in [0.15, 0.2) is 5.01 Å². The normalized spacial score (nSPS) is 17.7. The van der Waals surface area contributed by atoms with Crippen LogP contribution in [0.2, 0.25) is 0 Å². The molecule has 8 heteroatoms. The van der Waals surface area contributed by atoms with Crippen LogP contribution in [0.15, 0.2) is 14.5 Å². The van der Waals surface area contributed by atoms with Gasteiger partial charge >= 0.3 is 0 Å². The molecule has 0 bridgehead atoms. The predicted octanol–water partition coefficient (Wildman–Crippen LogP) is 1.87. The Morgan fingerprint density at radius 2 is 2.39 bits per heavy atom. The number of halogens is 1. The molecular weight excluding hydrogens is 322 g/mol. The van der Waals surface area contributed by atoms with E-state index in [-0.39, 0.29) is 5.41 Å². The zero-order valence-corrected chi connectivity index (χ0v) is 12.0. The summed E-state index contributed by atoms with van der Waals surface area (Å²) >= 11 is 4.82. The van der Waals surface area contributed by atoms with E-state index in [0.717, 1.165) is 8.79 Å².